The van der Waals surface area contributed by atoms with Crippen LogP contribution in [0.15, 0.2) is 0 Å². The van der Waals surface area contributed by atoms with Gasteiger partial charge in [0.15, 0.2) is 0 Å². The van der Waals surface area contributed by atoms with Gasteiger partial charge in [0.1, 0.15) is 0 Å². The fraction of sp³-hybridized carbons (Fsp3) is 0.900. The number of amides is 1. The molecule has 0 saturated carbocycles. The summed E-state index contributed by atoms with van der Waals surface area (Å²) in [4.78, 5) is 13.2. The van der Waals surface area contributed by atoms with Crippen molar-refractivity contribution >= 4 is 30.7 Å². The summed E-state index contributed by atoms with van der Waals surface area (Å²) in [6.45, 7) is 3.72. The van der Waals surface area contributed by atoms with Gasteiger partial charge < -0.3 is 20.7 Å². The van der Waals surface area contributed by atoms with E-state index >= 15 is 0 Å². The second-order valence-electron chi connectivity index (χ2n) is 3.54. The lowest BCUT2D eigenvalue weighted by Gasteiger charge is -2.16. The zero-order valence-corrected chi connectivity index (χ0v) is 12.2. The van der Waals surface area contributed by atoms with Crippen molar-refractivity contribution in [1.82, 2.24) is 10.2 Å². The average Bonchev–Trinajstić information content (AvgIpc) is 2.18. The van der Waals surface area contributed by atoms with Crippen molar-refractivity contribution in [3.63, 3.8) is 0 Å². The molecule has 0 rings (SSSR count). The van der Waals surface area contributed by atoms with Crippen LogP contribution in [0.4, 0.5) is 0 Å². The lowest BCUT2D eigenvalue weighted by molar-refractivity contribution is -0.120. The number of carbonyl (C=O) groups is 1. The second kappa shape index (κ2) is 15.9. The molecule has 0 aromatic heterocycles. The minimum Gasteiger partial charge on any atom is -0.385 e. The largest absolute Gasteiger partial charge is 0.385 e. The van der Waals surface area contributed by atoms with Crippen LogP contribution in [0.1, 0.15) is 12.8 Å². The molecule has 0 heterocycles. The number of nitrogens with zero attached hydrogens (tertiary/aromatic N) is 1. The van der Waals surface area contributed by atoms with Gasteiger partial charge in [-0.1, -0.05) is 0 Å². The van der Waals surface area contributed by atoms with Gasteiger partial charge in [0.05, 0.1) is 0 Å². The van der Waals surface area contributed by atoms with Crippen LogP contribution < -0.4 is 11.1 Å². The summed E-state index contributed by atoms with van der Waals surface area (Å²) in [5, 5.41) is 2.81. The summed E-state index contributed by atoms with van der Waals surface area (Å²) in [5.74, 6) is 0.0304. The summed E-state index contributed by atoms with van der Waals surface area (Å²) in [5.41, 5.74) is 5.26. The number of methoxy groups -OCH3 is 1. The molecule has 0 atom stereocenters. The maximum absolute atomic E-state index is 11.1. The summed E-state index contributed by atoms with van der Waals surface area (Å²) in [7, 11) is 3.73. The van der Waals surface area contributed by atoms with E-state index < -0.39 is 0 Å². The molecule has 0 fully saturated rings. The molecular formula is C10H25Cl2N3O2. The Morgan fingerprint density at radius 3 is 2.53 bits per heavy atom. The first-order chi connectivity index (χ1) is 7.20. The van der Waals surface area contributed by atoms with Gasteiger partial charge in [-0.25, -0.2) is 0 Å². The van der Waals surface area contributed by atoms with E-state index in [-0.39, 0.29) is 30.7 Å². The van der Waals surface area contributed by atoms with Crippen LogP contribution in [0.3, 0.4) is 0 Å². The van der Waals surface area contributed by atoms with Gasteiger partial charge in [0.25, 0.3) is 0 Å². The highest BCUT2D eigenvalue weighted by atomic mass is 35.5. The Bertz CT molecular complexity index is 174. The summed E-state index contributed by atoms with van der Waals surface area (Å²) >= 11 is 0. The molecule has 0 bridgehead atoms. The van der Waals surface area contributed by atoms with Crippen molar-refractivity contribution in [1.29, 1.82) is 0 Å². The average molecular weight is 290 g/mol. The van der Waals surface area contributed by atoms with Crippen LogP contribution in [0.2, 0.25) is 0 Å². The Balaban J connectivity index is -0.000000980. The Kier molecular flexibility index (Phi) is 20.7. The zero-order chi connectivity index (χ0) is 11.5. The van der Waals surface area contributed by atoms with Crippen LogP contribution in [-0.2, 0) is 9.53 Å². The predicted molar refractivity (Wildman–Crippen MR) is 75.2 cm³/mol. The number of hydrogen-bond donors (Lipinski definition) is 2. The first kappa shape index (κ1) is 22.1. The Labute approximate surface area is 116 Å². The van der Waals surface area contributed by atoms with E-state index in [0.29, 0.717) is 19.5 Å². The quantitative estimate of drug-likeness (QED) is 0.598. The highest BCUT2D eigenvalue weighted by molar-refractivity contribution is 5.85. The number of nitrogens with two attached hydrogens (primary N) is 1. The van der Waals surface area contributed by atoms with Crippen LogP contribution in [0.5, 0.6) is 0 Å². The molecule has 1 amide bonds. The lowest BCUT2D eigenvalue weighted by atomic mass is 10.4. The smallest absolute Gasteiger partial charge is 0.221 e. The Morgan fingerprint density at radius 1 is 1.35 bits per heavy atom. The molecule has 0 saturated heterocycles. The SMILES string of the molecule is COCCCN(C)CCNC(=O)CCN.Cl.Cl. The second-order valence-corrected chi connectivity index (χ2v) is 3.54. The van der Waals surface area contributed by atoms with Crippen molar-refractivity contribution in [2.75, 3.05) is 46.9 Å². The third-order valence-corrected chi connectivity index (χ3v) is 2.08. The molecule has 5 nitrogen and oxygen atoms in total. The standard InChI is InChI=1S/C10H23N3O2.2ClH/c1-13(7-3-9-15-2)8-6-12-10(14)4-5-11;;/h3-9,11H2,1-2H3,(H,12,14);2*1H. The summed E-state index contributed by atoms with van der Waals surface area (Å²) in [6, 6.07) is 0. The minimum absolute atomic E-state index is 0. The first-order valence-electron chi connectivity index (χ1n) is 5.35. The van der Waals surface area contributed by atoms with Gasteiger partial charge in [-0.3, -0.25) is 4.79 Å². The number of halogens is 2. The van der Waals surface area contributed by atoms with Gasteiger partial charge in [0.2, 0.25) is 5.91 Å². The molecule has 7 heteroatoms. The Morgan fingerprint density at radius 2 is 2.00 bits per heavy atom. The summed E-state index contributed by atoms with van der Waals surface area (Å²) in [6.07, 6.45) is 1.43. The van der Waals surface area contributed by atoms with Gasteiger partial charge in [-0.2, -0.15) is 0 Å². The molecular weight excluding hydrogens is 265 g/mol. The third-order valence-electron chi connectivity index (χ3n) is 2.08. The Hall–Kier alpha value is -0.0700. The van der Waals surface area contributed by atoms with E-state index in [1.165, 1.54) is 0 Å². The molecule has 0 aliphatic rings. The maximum atomic E-state index is 11.1. The highest BCUT2D eigenvalue weighted by Gasteiger charge is 2.00. The van der Waals surface area contributed by atoms with Crippen LogP contribution in [0, 0.1) is 0 Å². The monoisotopic (exact) mass is 289 g/mol. The number of nitrogens with one attached hydrogen (secondary N) is 1. The van der Waals surface area contributed by atoms with Gasteiger partial charge >= 0.3 is 0 Å². The fourth-order valence-corrected chi connectivity index (χ4v) is 1.20. The molecule has 106 valence electrons. The fourth-order valence-electron chi connectivity index (χ4n) is 1.20. The predicted octanol–water partition coefficient (Wildman–Crippen LogP) is 0.263. The van der Waals surface area contributed by atoms with E-state index in [1.807, 2.05) is 7.05 Å². The third kappa shape index (κ3) is 15.9. The normalized spacial score (nSPS) is 9.41. The molecule has 0 aliphatic carbocycles. The van der Waals surface area contributed by atoms with Crippen molar-refractivity contribution in [3.05, 3.63) is 0 Å². The van der Waals surface area contributed by atoms with Crippen molar-refractivity contribution in [2.45, 2.75) is 12.8 Å². The topological polar surface area (TPSA) is 67.6 Å². The van der Waals surface area contributed by atoms with Crippen LogP contribution >= 0.6 is 24.8 Å². The van der Waals surface area contributed by atoms with Gasteiger partial charge in [-0.15, -0.1) is 24.8 Å². The summed E-state index contributed by atoms with van der Waals surface area (Å²) < 4.78 is 4.96. The minimum atomic E-state index is 0. The lowest BCUT2D eigenvalue weighted by Crippen LogP contribution is -2.34. The number of carbonyl (C=O) groups excluding carboxylic acids is 1. The number of hydrogen-bond acceptors (Lipinski definition) is 4. The molecule has 0 radical (unpaired) electrons. The number of rotatable bonds is 9. The first-order valence-corrected chi connectivity index (χ1v) is 5.35. The molecule has 17 heavy (non-hydrogen) atoms. The zero-order valence-electron chi connectivity index (χ0n) is 10.6. The molecule has 0 unspecified atom stereocenters. The van der Waals surface area contributed by atoms with Gasteiger partial charge in [0, 0.05) is 46.3 Å². The maximum Gasteiger partial charge on any atom is 0.221 e. The molecule has 0 spiro atoms. The van der Waals surface area contributed by atoms with Crippen molar-refractivity contribution in [2.24, 2.45) is 5.73 Å². The van der Waals surface area contributed by atoms with E-state index in [0.717, 1.165) is 26.1 Å². The molecule has 0 aliphatic heterocycles. The van der Waals surface area contributed by atoms with Crippen molar-refractivity contribution < 1.29 is 9.53 Å². The van der Waals surface area contributed by atoms with E-state index in [1.54, 1.807) is 7.11 Å². The van der Waals surface area contributed by atoms with E-state index in [2.05, 4.69) is 10.2 Å². The molecule has 0 aromatic rings. The molecule has 0 aromatic carbocycles. The van der Waals surface area contributed by atoms with Crippen LogP contribution in [-0.4, -0.2) is 57.8 Å². The van der Waals surface area contributed by atoms with E-state index in [9.17, 15) is 4.79 Å². The number of ether oxygens (including phenoxy) is 1. The van der Waals surface area contributed by atoms with Crippen LogP contribution in [0.25, 0.3) is 0 Å². The van der Waals surface area contributed by atoms with Gasteiger partial charge in [-0.05, 0) is 13.5 Å². The highest BCUT2D eigenvalue weighted by Crippen LogP contribution is 1.87. The van der Waals surface area contributed by atoms with E-state index in [4.69, 9.17) is 10.5 Å². The number of likely N-dealkylation sites (N-methyl/N-ethyl adjacent to an activating group) is 1. The van der Waals surface area contributed by atoms with Crippen molar-refractivity contribution in [3.8, 4) is 0 Å². The molecule has 3 N–H and O–H groups in total.